The fourth-order valence-corrected chi connectivity index (χ4v) is 5.24. The molecule has 2 aromatic rings. The lowest BCUT2D eigenvalue weighted by molar-refractivity contribution is -0.136. The van der Waals surface area contributed by atoms with Crippen LogP contribution >= 0.6 is 11.6 Å². The first kappa shape index (κ1) is 20.7. The Morgan fingerprint density at radius 1 is 1.25 bits per heavy atom. The van der Waals surface area contributed by atoms with Crippen molar-refractivity contribution in [3.63, 3.8) is 0 Å². The van der Waals surface area contributed by atoms with Gasteiger partial charge in [-0.15, -0.1) is 0 Å². The Bertz CT molecular complexity index is 959. The van der Waals surface area contributed by atoms with Crippen LogP contribution in [0.3, 0.4) is 0 Å². The van der Waals surface area contributed by atoms with Crippen molar-refractivity contribution in [2.75, 3.05) is 18.1 Å². The average molecular weight is 426 g/mol. The maximum atomic E-state index is 12.9. The summed E-state index contributed by atoms with van der Waals surface area (Å²) in [4.78, 5) is 14.5. The number of sulfone groups is 1. The summed E-state index contributed by atoms with van der Waals surface area (Å²) in [6, 6.07) is 6.80. The average Bonchev–Trinajstić information content (AvgIpc) is 3.20. The Balaban J connectivity index is 1.74. The minimum atomic E-state index is -3.12. The van der Waals surface area contributed by atoms with Gasteiger partial charge in [0.15, 0.2) is 16.4 Å². The predicted molar refractivity (Wildman–Crippen MR) is 107 cm³/mol. The van der Waals surface area contributed by atoms with Crippen molar-refractivity contribution in [3.8, 4) is 5.75 Å². The van der Waals surface area contributed by atoms with Crippen molar-refractivity contribution in [1.82, 2.24) is 4.90 Å². The molecule has 28 heavy (non-hydrogen) atoms. The van der Waals surface area contributed by atoms with Crippen LogP contribution in [-0.2, 0) is 21.2 Å². The Morgan fingerprint density at radius 3 is 2.46 bits per heavy atom. The van der Waals surface area contributed by atoms with Crippen LogP contribution in [0.25, 0.3) is 0 Å². The van der Waals surface area contributed by atoms with Crippen LogP contribution in [0.1, 0.15) is 29.1 Å². The number of carbonyl (C=O) groups is 1. The van der Waals surface area contributed by atoms with Crippen molar-refractivity contribution in [2.45, 2.75) is 39.8 Å². The number of aryl methyl sites for hydroxylation is 3. The fraction of sp³-hybridized carbons (Fsp3) is 0.450. The van der Waals surface area contributed by atoms with Gasteiger partial charge in [0.1, 0.15) is 17.3 Å². The molecule has 1 aliphatic rings. The fourth-order valence-electron chi connectivity index (χ4n) is 3.40. The van der Waals surface area contributed by atoms with E-state index in [4.69, 9.17) is 20.8 Å². The number of ether oxygens (including phenoxy) is 1. The number of amides is 1. The second-order valence-electron chi connectivity index (χ2n) is 7.25. The molecule has 0 aliphatic carbocycles. The van der Waals surface area contributed by atoms with Crippen LogP contribution in [0, 0.1) is 20.8 Å². The van der Waals surface area contributed by atoms with Gasteiger partial charge in [0, 0.05) is 11.1 Å². The number of halogens is 1. The van der Waals surface area contributed by atoms with Gasteiger partial charge in [0.05, 0.1) is 18.1 Å². The topological polar surface area (TPSA) is 76.8 Å². The van der Waals surface area contributed by atoms with Gasteiger partial charge in [-0.1, -0.05) is 11.6 Å². The summed E-state index contributed by atoms with van der Waals surface area (Å²) in [7, 11) is -3.12. The van der Waals surface area contributed by atoms with Gasteiger partial charge in [-0.3, -0.25) is 4.79 Å². The molecule has 3 rings (SSSR count). The monoisotopic (exact) mass is 425 g/mol. The van der Waals surface area contributed by atoms with Crippen molar-refractivity contribution in [2.24, 2.45) is 0 Å². The largest absolute Gasteiger partial charge is 0.484 e. The van der Waals surface area contributed by atoms with E-state index >= 15 is 0 Å². The third-order valence-electron chi connectivity index (χ3n) is 4.86. The molecule has 0 saturated carbocycles. The number of nitrogens with zero attached hydrogens (tertiary/aromatic N) is 1. The lowest BCUT2D eigenvalue weighted by Crippen LogP contribution is -2.43. The van der Waals surface area contributed by atoms with E-state index < -0.39 is 9.84 Å². The van der Waals surface area contributed by atoms with E-state index in [2.05, 4.69) is 0 Å². The zero-order chi connectivity index (χ0) is 20.5. The van der Waals surface area contributed by atoms with Crippen molar-refractivity contribution < 1.29 is 22.4 Å². The lowest BCUT2D eigenvalue weighted by atomic mass is 10.1. The normalized spacial score (nSPS) is 18.2. The number of benzene rings is 1. The highest BCUT2D eigenvalue weighted by Crippen LogP contribution is 2.26. The molecule has 1 saturated heterocycles. The molecular formula is C20H24ClNO5S. The van der Waals surface area contributed by atoms with Gasteiger partial charge in [0.25, 0.3) is 5.91 Å². The molecule has 0 bridgehead atoms. The van der Waals surface area contributed by atoms with Gasteiger partial charge >= 0.3 is 0 Å². The van der Waals surface area contributed by atoms with E-state index in [1.54, 1.807) is 23.1 Å². The molecular weight excluding hydrogens is 402 g/mol. The standard InChI is InChI=1S/C20H24ClNO5S/c1-13-8-18(9-14(2)20(13)21)26-11-19(23)22(10-17-5-4-15(3)27-17)16-6-7-28(24,25)12-16/h4-5,8-9,16H,6-7,10-12H2,1-3H3/t16-/m0/s1. The lowest BCUT2D eigenvalue weighted by Gasteiger charge is -2.27. The maximum absolute atomic E-state index is 12.9. The first-order valence-electron chi connectivity index (χ1n) is 9.09. The Kier molecular flexibility index (Phi) is 6.05. The Labute approximate surface area is 170 Å². The van der Waals surface area contributed by atoms with Crippen molar-refractivity contribution in [3.05, 3.63) is 51.9 Å². The minimum absolute atomic E-state index is 0.0302. The van der Waals surface area contributed by atoms with Gasteiger partial charge in [-0.25, -0.2) is 8.42 Å². The van der Waals surface area contributed by atoms with Crippen LogP contribution in [0.4, 0.5) is 0 Å². The number of hydrogen-bond acceptors (Lipinski definition) is 5. The smallest absolute Gasteiger partial charge is 0.261 e. The Morgan fingerprint density at radius 2 is 1.93 bits per heavy atom. The van der Waals surface area contributed by atoms with Gasteiger partial charge < -0.3 is 14.1 Å². The number of rotatable bonds is 6. The first-order chi connectivity index (χ1) is 13.1. The number of hydrogen-bond donors (Lipinski definition) is 0. The van der Waals surface area contributed by atoms with E-state index in [9.17, 15) is 13.2 Å². The van der Waals surface area contributed by atoms with Crippen LogP contribution in [-0.4, -0.2) is 43.4 Å². The molecule has 1 atom stereocenters. The van der Waals surface area contributed by atoms with Crippen molar-refractivity contribution in [1.29, 1.82) is 0 Å². The molecule has 1 aromatic carbocycles. The summed E-state index contributed by atoms with van der Waals surface area (Å²) < 4.78 is 35.1. The molecule has 8 heteroatoms. The quantitative estimate of drug-likeness (QED) is 0.708. The van der Waals surface area contributed by atoms with Crippen molar-refractivity contribution >= 4 is 27.3 Å². The maximum Gasteiger partial charge on any atom is 0.261 e. The summed E-state index contributed by atoms with van der Waals surface area (Å²) >= 11 is 6.17. The van der Waals surface area contributed by atoms with Crippen LogP contribution < -0.4 is 4.74 Å². The Hall–Kier alpha value is -1.99. The zero-order valence-corrected chi connectivity index (χ0v) is 17.8. The molecule has 0 spiro atoms. The molecule has 2 heterocycles. The highest BCUT2D eigenvalue weighted by Gasteiger charge is 2.35. The van der Waals surface area contributed by atoms with E-state index in [0.717, 1.165) is 16.9 Å². The predicted octanol–water partition coefficient (Wildman–Crippen LogP) is 3.45. The summed E-state index contributed by atoms with van der Waals surface area (Å²) in [5, 5.41) is 0.671. The van der Waals surface area contributed by atoms with E-state index in [1.165, 1.54) is 0 Å². The van der Waals surface area contributed by atoms with Gasteiger partial charge in [0.2, 0.25) is 0 Å². The van der Waals surface area contributed by atoms with E-state index in [0.29, 0.717) is 23.0 Å². The van der Waals surface area contributed by atoms with Crippen LogP contribution in [0.5, 0.6) is 5.75 Å². The molecule has 0 unspecified atom stereocenters. The summed E-state index contributed by atoms with van der Waals surface area (Å²) in [5.41, 5.74) is 1.74. The zero-order valence-electron chi connectivity index (χ0n) is 16.2. The molecule has 152 valence electrons. The highest BCUT2D eigenvalue weighted by molar-refractivity contribution is 7.91. The second-order valence-corrected chi connectivity index (χ2v) is 9.86. The highest BCUT2D eigenvalue weighted by atomic mass is 35.5. The SMILES string of the molecule is Cc1ccc(CN(C(=O)COc2cc(C)c(Cl)c(C)c2)[C@H]2CCS(=O)(=O)C2)o1. The van der Waals surface area contributed by atoms with Crippen LogP contribution in [0.15, 0.2) is 28.7 Å². The molecule has 1 amide bonds. The molecule has 1 aliphatic heterocycles. The van der Waals surface area contributed by atoms with Gasteiger partial charge in [-0.2, -0.15) is 0 Å². The third kappa shape index (κ3) is 4.89. The molecule has 6 nitrogen and oxygen atoms in total. The minimum Gasteiger partial charge on any atom is -0.484 e. The third-order valence-corrected chi connectivity index (χ3v) is 7.21. The number of carbonyl (C=O) groups excluding carboxylic acids is 1. The summed E-state index contributed by atoms with van der Waals surface area (Å²) in [5.74, 6) is 1.70. The number of furan rings is 1. The summed E-state index contributed by atoms with van der Waals surface area (Å²) in [6.07, 6.45) is 0.424. The molecule has 0 N–H and O–H groups in total. The van der Waals surface area contributed by atoms with Gasteiger partial charge in [-0.05, 0) is 62.6 Å². The molecule has 1 fully saturated rings. The first-order valence-corrected chi connectivity index (χ1v) is 11.3. The molecule has 0 radical (unpaired) electrons. The molecule has 1 aromatic heterocycles. The summed E-state index contributed by atoms with van der Waals surface area (Å²) in [6.45, 7) is 5.60. The van der Waals surface area contributed by atoms with Crippen LogP contribution in [0.2, 0.25) is 5.02 Å². The van der Waals surface area contributed by atoms with E-state index in [-0.39, 0.29) is 36.6 Å². The second kappa shape index (κ2) is 8.17. The van der Waals surface area contributed by atoms with E-state index in [1.807, 2.05) is 26.8 Å².